The summed E-state index contributed by atoms with van der Waals surface area (Å²) in [6, 6.07) is -2.15. The van der Waals surface area contributed by atoms with Gasteiger partial charge in [0.25, 0.3) is 0 Å². The molecule has 0 aromatic rings. The number of amides is 2. The molecule has 0 fully saturated rings. The van der Waals surface area contributed by atoms with E-state index < -0.39 is 42.4 Å². The Balaban J connectivity index is 0. The number of carbonyl (C=O) groups excluding carboxylic acids is 2. The van der Waals surface area contributed by atoms with Crippen molar-refractivity contribution in [1.29, 1.82) is 0 Å². The lowest BCUT2D eigenvalue weighted by Crippen LogP contribution is -2.49. The van der Waals surface area contributed by atoms with E-state index in [0.717, 1.165) is 39.0 Å². The number of carboxylic acids is 2. The summed E-state index contributed by atoms with van der Waals surface area (Å²) in [6.45, 7) is 3.14. The molecule has 11 N–H and O–H groups in total. The van der Waals surface area contributed by atoms with Crippen LogP contribution in [0.5, 0.6) is 0 Å². The Labute approximate surface area is 182 Å². The van der Waals surface area contributed by atoms with E-state index >= 15 is 0 Å². The first-order chi connectivity index (χ1) is 14.2. The minimum absolute atomic E-state index is 0.0256. The van der Waals surface area contributed by atoms with Crippen molar-refractivity contribution in [2.45, 2.75) is 44.2 Å². The van der Waals surface area contributed by atoms with Gasteiger partial charge in [-0.3, -0.25) is 19.2 Å². The number of thiol groups is 1. The molecular formula is C17H36N6O6S. The third-order valence-electron chi connectivity index (χ3n) is 3.61. The van der Waals surface area contributed by atoms with Crippen LogP contribution in [0.2, 0.25) is 0 Å². The van der Waals surface area contributed by atoms with Gasteiger partial charge in [0.05, 0.1) is 0 Å². The zero-order valence-electron chi connectivity index (χ0n) is 17.1. The molecule has 2 amide bonds. The normalized spacial score (nSPS) is 12.1. The second-order valence-electron chi connectivity index (χ2n) is 6.29. The molecule has 2 atom stereocenters. The number of nitrogens with one attached hydrogen (secondary N) is 3. The summed E-state index contributed by atoms with van der Waals surface area (Å²) in [5, 5.41) is 24.7. The first-order valence-corrected chi connectivity index (χ1v) is 10.3. The average molecular weight is 453 g/mol. The van der Waals surface area contributed by atoms with Crippen LogP contribution in [0.15, 0.2) is 0 Å². The molecule has 0 saturated heterocycles. The molecule has 0 radical (unpaired) electrons. The van der Waals surface area contributed by atoms with Crippen LogP contribution in [-0.2, 0) is 19.2 Å². The van der Waals surface area contributed by atoms with Crippen molar-refractivity contribution in [3.8, 4) is 0 Å². The fraction of sp³-hybridized carbons (Fsp3) is 0.765. The van der Waals surface area contributed by atoms with Gasteiger partial charge in [0.1, 0.15) is 18.6 Å². The van der Waals surface area contributed by atoms with Crippen molar-refractivity contribution in [2.75, 3.05) is 38.5 Å². The Morgan fingerprint density at radius 2 is 1.57 bits per heavy atom. The zero-order valence-corrected chi connectivity index (χ0v) is 18.0. The Morgan fingerprint density at radius 1 is 0.967 bits per heavy atom. The minimum atomic E-state index is -1.22. The van der Waals surface area contributed by atoms with Gasteiger partial charge >= 0.3 is 11.9 Å². The monoisotopic (exact) mass is 452 g/mol. The lowest BCUT2D eigenvalue weighted by atomic mass is 10.1. The topological polar surface area (TPSA) is 223 Å². The molecule has 0 unspecified atom stereocenters. The van der Waals surface area contributed by atoms with Crippen molar-refractivity contribution < 1.29 is 29.4 Å². The van der Waals surface area contributed by atoms with Crippen molar-refractivity contribution in [3.05, 3.63) is 0 Å². The van der Waals surface area contributed by atoms with Crippen LogP contribution in [0.3, 0.4) is 0 Å². The van der Waals surface area contributed by atoms with Crippen LogP contribution in [0.25, 0.3) is 0 Å². The van der Waals surface area contributed by atoms with Gasteiger partial charge in [-0.1, -0.05) is 0 Å². The van der Waals surface area contributed by atoms with E-state index in [2.05, 4.69) is 28.6 Å². The SMILES string of the molecule is NCCCCNCCCN.N[C@@H](CCC(=O)N[C@@H](CS)C(=O)NCC(=O)O)C(=O)O. The van der Waals surface area contributed by atoms with Gasteiger partial charge in [0, 0.05) is 12.2 Å². The van der Waals surface area contributed by atoms with Crippen molar-refractivity contribution >= 4 is 36.4 Å². The highest BCUT2D eigenvalue weighted by atomic mass is 32.1. The molecule has 0 heterocycles. The second-order valence-corrected chi connectivity index (χ2v) is 6.65. The molecule has 0 aromatic carbocycles. The first kappa shape index (κ1) is 30.3. The van der Waals surface area contributed by atoms with Gasteiger partial charge in [0.2, 0.25) is 11.8 Å². The van der Waals surface area contributed by atoms with Crippen LogP contribution >= 0.6 is 12.6 Å². The van der Waals surface area contributed by atoms with Gasteiger partial charge in [-0.05, 0) is 51.9 Å². The predicted octanol–water partition coefficient (Wildman–Crippen LogP) is -2.54. The Morgan fingerprint density at radius 3 is 2.07 bits per heavy atom. The van der Waals surface area contributed by atoms with Crippen LogP contribution in [0.4, 0.5) is 0 Å². The summed E-state index contributed by atoms with van der Waals surface area (Å²) in [4.78, 5) is 43.7. The zero-order chi connectivity index (χ0) is 23.4. The molecule has 0 aliphatic rings. The van der Waals surface area contributed by atoms with E-state index in [9.17, 15) is 19.2 Å². The van der Waals surface area contributed by atoms with E-state index in [1.165, 1.54) is 6.42 Å². The highest BCUT2D eigenvalue weighted by Gasteiger charge is 2.20. The second kappa shape index (κ2) is 20.3. The standard InChI is InChI=1S/C10H17N3O6S.C7H19N3/c11-5(10(18)19)1-2-7(14)13-6(4-20)9(17)12-3-8(15)16;8-4-1-2-6-10-7-3-5-9/h5-6,20H,1-4,11H2,(H,12,17)(H,13,14)(H,15,16)(H,18,19);10H,1-9H2/t5-,6-;/m0./s1. The van der Waals surface area contributed by atoms with Gasteiger partial charge in [-0.2, -0.15) is 12.6 Å². The number of carboxylic acid groups (broad SMARTS) is 2. The van der Waals surface area contributed by atoms with E-state index in [1.54, 1.807) is 0 Å². The summed E-state index contributed by atoms with van der Waals surface area (Å²) in [7, 11) is 0. The third kappa shape index (κ3) is 19.4. The highest BCUT2D eigenvalue weighted by molar-refractivity contribution is 7.80. The number of hydrogen-bond acceptors (Lipinski definition) is 9. The molecule has 0 bridgehead atoms. The Kier molecular flexibility index (Phi) is 20.5. The summed E-state index contributed by atoms with van der Waals surface area (Å²) in [6.07, 6.45) is 3.14. The number of aliphatic carboxylic acids is 2. The lowest BCUT2D eigenvalue weighted by Gasteiger charge is -2.16. The van der Waals surface area contributed by atoms with Crippen molar-refractivity contribution in [2.24, 2.45) is 17.2 Å². The Hall–Kier alpha value is -1.93. The largest absolute Gasteiger partial charge is 0.480 e. The van der Waals surface area contributed by atoms with Crippen LogP contribution in [-0.4, -0.2) is 84.5 Å². The van der Waals surface area contributed by atoms with Crippen LogP contribution in [0.1, 0.15) is 32.1 Å². The van der Waals surface area contributed by atoms with Crippen LogP contribution < -0.4 is 33.2 Å². The maximum Gasteiger partial charge on any atom is 0.322 e. The smallest absolute Gasteiger partial charge is 0.322 e. The van der Waals surface area contributed by atoms with Crippen LogP contribution in [0, 0.1) is 0 Å². The molecule has 30 heavy (non-hydrogen) atoms. The highest BCUT2D eigenvalue weighted by Crippen LogP contribution is 1.97. The number of hydrogen-bond donors (Lipinski definition) is 9. The third-order valence-corrected chi connectivity index (χ3v) is 3.98. The summed E-state index contributed by atoms with van der Waals surface area (Å²) in [5.74, 6) is -3.70. The van der Waals surface area contributed by atoms with Crippen molar-refractivity contribution in [3.63, 3.8) is 0 Å². The maximum atomic E-state index is 11.5. The molecule has 0 spiro atoms. The fourth-order valence-electron chi connectivity index (χ4n) is 1.90. The molecular weight excluding hydrogens is 416 g/mol. The molecule has 176 valence electrons. The Bertz CT molecular complexity index is 503. The molecule has 12 nitrogen and oxygen atoms in total. The number of unbranched alkanes of at least 4 members (excludes halogenated alkanes) is 1. The molecule has 0 rings (SSSR count). The molecule has 0 aromatic heterocycles. The number of carbonyl (C=O) groups is 4. The van der Waals surface area contributed by atoms with E-state index in [4.69, 9.17) is 27.4 Å². The van der Waals surface area contributed by atoms with Gasteiger partial charge in [0.15, 0.2) is 0 Å². The summed E-state index contributed by atoms with van der Waals surface area (Å²) >= 11 is 3.87. The summed E-state index contributed by atoms with van der Waals surface area (Å²) < 4.78 is 0. The molecule has 13 heteroatoms. The molecule has 0 aliphatic carbocycles. The number of nitrogens with two attached hydrogens (primary N) is 3. The predicted molar refractivity (Wildman–Crippen MR) is 116 cm³/mol. The lowest BCUT2D eigenvalue weighted by molar-refractivity contribution is -0.139. The average Bonchev–Trinajstić information content (AvgIpc) is 2.71. The van der Waals surface area contributed by atoms with E-state index in [1.807, 2.05) is 0 Å². The fourth-order valence-corrected chi connectivity index (χ4v) is 2.16. The summed E-state index contributed by atoms with van der Waals surface area (Å²) in [5.41, 5.74) is 15.9. The minimum Gasteiger partial charge on any atom is -0.480 e. The molecule has 0 saturated carbocycles. The van der Waals surface area contributed by atoms with E-state index in [-0.39, 0.29) is 18.6 Å². The maximum absolute atomic E-state index is 11.5. The molecule has 0 aliphatic heterocycles. The quantitative estimate of drug-likeness (QED) is 0.0880. The first-order valence-electron chi connectivity index (χ1n) is 9.68. The van der Waals surface area contributed by atoms with Crippen molar-refractivity contribution in [1.82, 2.24) is 16.0 Å². The number of rotatable bonds is 16. The van der Waals surface area contributed by atoms with Gasteiger partial charge in [-0.15, -0.1) is 0 Å². The van der Waals surface area contributed by atoms with Gasteiger partial charge in [-0.25, -0.2) is 0 Å². The van der Waals surface area contributed by atoms with E-state index in [0.29, 0.717) is 0 Å². The van der Waals surface area contributed by atoms with Gasteiger partial charge < -0.3 is 43.4 Å².